The normalized spacial score (nSPS) is 18.1. The van der Waals surface area contributed by atoms with Crippen molar-refractivity contribution in [2.45, 2.75) is 69.3 Å². The highest BCUT2D eigenvalue weighted by molar-refractivity contribution is 5.94. The van der Waals surface area contributed by atoms with Gasteiger partial charge in [0.2, 0.25) is 17.7 Å². The summed E-state index contributed by atoms with van der Waals surface area (Å²) in [6.45, 7) is 2.22. The number of hydrogen-bond donors (Lipinski definition) is 8. The molecule has 1 heterocycles. The van der Waals surface area contributed by atoms with Crippen molar-refractivity contribution in [3.05, 3.63) is 35.9 Å². The van der Waals surface area contributed by atoms with E-state index in [-0.39, 0.29) is 31.3 Å². The fraction of sp³-hybridized carbons (Fsp3) is 0.542. The van der Waals surface area contributed by atoms with Crippen molar-refractivity contribution in [2.75, 3.05) is 13.1 Å². The number of aliphatic carboxylic acids is 1. The fourth-order valence-electron chi connectivity index (χ4n) is 3.92. The van der Waals surface area contributed by atoms with Crippen LogP contribution in [0, 0.1) is 0 Å². The van der Waals surface area contributed by atoms with Gasteiger partial charge in [-0.25, -0.2) is 4.79 Å². The van der Waals surface area contributed by atoms with Crippen LogP contribution < -0.4 is 32.7 Å². The third kappa shape index (κ3) is 10.1. The van der Waals surface area contributed by atoms with E-state index in [0.717, 1.165) is 6.42 Å². The molecule has 204 valence electrons. The highest BCUT2D eigenvalue weighted by Gasteiger charge is 2.33. The fourth-order valence-corrected chi connectivity index (χ4v) is 3.92. The average Bonchev–Trinajstić information content (AvgIpc) is 3.39. The van der Waals surface area contributed by atoms with E-state index in [1.165, 1.54) is 6.92 Å². The maximum atomic E-state index is 13.1. The molecular weight excluding hydrogens is 482 g/mol. The first-order chi connectivity index (χ1) is 17.6. The van der Waals surface area contributed by atoms with E-state index < -0.39 is 48.1 Å². The van der Waals surface area contributed by atoms with Crippen molar-refractivity contribution in [3.63, 3.8) is 0 Å². The first-order valence-corrected chi connectivity index (χ1v) is 12.2. The number of hydrogen-bond acceptors (Lipinski definition) is 7. The van der Waals surface area contributed by atoms with E-state index in [0.29, 0.717) is 24.9 Å². The van der Waals surface area contributed by atoms with Crippen molar-refractivity contribution in [2.24, 2.45) is 16.5 Å². The van der Waals surface area contributed by atoms with E-state index in [1.54, 1.807) is 30.3 Å². The Morgan fingerprint density at radius 2 is 1.78 bits per heavy atom. The predicted molar refractivity (Wildman–Crippen MR) is 136 cm³/mol. The lowest BCUT2D eigenvalue weighted by Crippen LogP contribution is -2.60. The molecule has 0 saturated carbocycles. The zero-order chi connectivity index (χ0) is 27.4. The van der Waals surface area contributed by atoms with E-state index in [1.807, 2.05) is 0 Å². The first-order valence-electron chi connectivity index (χ1n) is 12.2. The van der Waals surface area contributed by atoms with Gasteiger partial charge in [0, 0.05) is 13.0 Å². The number of nitrogens with one attached hydrogen (secondary N) is 4. The lowest BCUT2D eigenvalue weighted by Gasteiger charge is -2.26. The number of rotatable bonds is 14. The molecule has 1 fully saturated rings. The van der Waals surface area contributed by atoms with Gasteiger partial charge in [-0.1, -0.05) is 30.3 Å². The van der Waals surface area contributed by atoms with Crippen molar-refractivity contribution in [3.8, 4) is 0 Å². The SMILES string of the molecule is CC(O)C(NC(=O)C(CCCN=C(N)N)NC(=O)C1CCCN1)C(=O)NC(Cc1ccccc1)C(=O)O. The monoisotopic (exact) mass is 519 g/mol. The number of amides is 3. The predicted octanol–water partition coefficient (Wildman–Crippen LogP) is -2.05. The Kier molecular flexibility index (Phi) is 11.8. The van der Waals surface area contributed by atoms with Gasteiger partial charge in [-0.2, -0.15) is 0 Å². The zero-order valence-electron chi connectivity index (χ0n) is 20.9. The standard InChI is InChI=1S/C24H37N7O6/c1-14(32)19(22(35)30-18(23(36)37)13-15-7-3-2-4-8-15)31-21(34)17(10-6-12-28-24(25)26)29-20(33)16-9-5-11-27-16/h2-4,7-8,14,16-19,27,32H,5-6,9-13H2,1H3,(H,29,33)(H,30,35)(H,31,34)(H,36,37)(H4,25,26,28). The first kappa shape index (κ1) is 29.5. The smallest absolute Gasteiger partial charge is 0.326 e. The molecule has 1 aliphatic heterocycles. The lowest BCUT2D eigenvalue weighted by molar-refractivity contribution is -0.143. The molecule has 13 nitrogen and oxygen atoms in total. The molecule has 0 aliphatic carbocycles. The van der Waals surface area contributed by atoms with Gasteiger partial charge in [-0.15, -0.1) is 0 Å². The molecule has 0 bridgehead atoms. The van der Waals surface area contributed by atoms with Gasteiger partial charge in [-0.3, -0.25) is 19.4 Å². The van der Waals surface area contributed by atoms with Crippen LogP contribution in [-0.2, 0) is 25.6 Å². The van der Waals surface area contributed by atoms with Crippen LogP contribution in [0.25, 0.3) is 0 Å². The molecule has 1 saturated heterocycles. The molecular formula is C24H37N7O6. The van der Waals surface area contributed by atoms with Crippen molar-refractivity contribution < 1.29 is 29.4 Å². The van der Waals surface area contributed by atoms with Gasteiger partial charge in [0.25, 0.3) is 0 Å². The second kappa shape index (κ2) is 14.8. The van der Waals surface area contributed by atoms with Crippen LogP contribution in [0.2, 0.25) is 0 Å². The van der Waals surface area contributed by atoms with Gasteiger partial charge in [0.15, 0.2) is 5.96 Å². The molecule has 0 radical (unpaired) electrons. The van der Waals surface area contributed by atoms with Crippen LogP contribution in [0.3, 0.4) is 0 Å². The maximum Gasteiger partial charge on any atom is 0.326 e. The Morgan fingerprint density at radius 3 is 2.35 bits per heavy atom. The van der Waals surface area contributed by atoms with Gasteiger partial charge in [0.05, 0.1) is 12.1 Å². The van der Waals surface area contributed by atoms with Gasteiger partial charge in [0.1, 0.15) is 18.1 Å². The topological polar surface area (TPSA) is 221 Å². The largest absolute Gasteiger partial charge is 0.480 e. The number of nitrogens with zero attached hydrogens (tertiary/aromatic N) is 1. The Hall–Kier alpha value is -3.71. The van der Waals surface area contributed by atoms with Gasteiger partial charge >= 0.3 is 5.97 Å². The number of aliphatic hydroxyl groups excluding tert-OH is 1. The average molecular weight is 520 g/mol. The minimum atomic E-state index is -1.45. The van der Waals surface area contributed by atoms with Crippen LogP contribution in [0.4, 0.5) is 0 Å². The number of guanidine groups is 1. The van der Waals surface area contributed by atoms with Crippen LogP contribution in [0.1, 0.15) is 38.2 Å². The van der Waals surface area contributed by atoms with Crippen LogP contribution in [-0.4, -0.2) is 83.2 Å². The number of aliphatic hydroxyl groups is 1. The second-order valence-corrected chi connectivity index (χ2v) is 8.97. The summed E-state index contributed by atoms with van der Waals surface area (Å²) < 4.78 is 0. The molecule has 37 heavy (non-hydrogen) atoms. The van der Waals surface area contributed by atoms with Gasteiger partial charge < -0.3 is 42.9 Å². The van der Waals surface area contributed by atoms with Crippen LogP contribution in [0.15, 0.2) is 35.3 Å². The molecule has 3 amide bonds. The minimum Gasteiger partial charge on any atom is -0.480 e. The molecule has 0 spiro atoms. The molecule has 5 unspecified atom stereocenters. The zero-order valence-corrected chi connectivity index (χ0v) is 20.9. The number of carboxylic acid groups (broad SMARTS) is 1. The summed E-state index contributed by atoms with van der Waals surface area (Å²) in [7, 11) is 0. The minimum absolute atomic E-state index is 0.0141. The number of aliphatic imine (C=N–C) groups is 1. The van der Waals surface area contributed by atoms with Crippen LogP contribution in [0.5, 0.6) is 0 Å². The number of nitrogens with two attached hydrogens (primary N) is 2. The summed E-state index contributed by atoms with van der Waals surface area (Å²) in [5, 5.41) is 30.4. The van der Waals surface area contributed by atoms with Crippen molar-refractivity contribution >= 4 is 29.7 Å². The summed E-state index contributed by atoms with van der Waals surface area (Å²) in [5.41, 5.74) is 11.4. The highest BCUT2D eigenvalue weighted by Crippen LogP contribution is 2.08. The third-order valence-electron chi connectivity index (χ3n) is 5.91. The lowest BCUT2D eigenvalue weighted by atomic mass is 10.0. The number of carboxylic acids is 1. The Bertz CT molecular complexity index is 946. The third-order valence-corrected chi connectivity index (χ3v) is 5.91. The number of benzene rings is 1. The second-order valence-electron chi connectivity index (χ2n) is 8.97. The maximum absolute atomic E-state index is 13.1. The van der Waals surface area contributed by atoms with Crippen molar-refractivity contribution in [1.82, 2.24) is 21.3 Å². The number of carbonyl (C=O) groups is 4. The Morgan fingerprint density at radius 1 is 1.08 bits per heavy atom. The molecule has 13 heteroatoms. The molecule has 1 aromatic carbocycles. The quantitative estimate of drug-likeness (QED) is 0.0769. The summed E-state index contributed by atoms with van der Waals surface area (Å²) in [4.78, 5) is 54.3. The highest BCUT2D eigenvalue weighted by atomic mass is 16.4. The molecule has 5 atom stereocenters. The van der Waals surface area contributed by atoms with E-state index in [9.17, 15) is 29.4 Å². The summed E-state index contributed by atoms with van der Waals surface area (Å²) in [6, 6.07) is 4.54. The summed E-state index contributed by atoms with van der Waals surface area (Å²) in [5.74, 6) is -3.29. The summed E-state index contributed by atoms with van der Waals surface area (Å²) >= 11 is 0. The molecule has 1 aromatic rings. The Labute approximate surface area is 215 Å². The van der Waals surface area contributed by atoms with E-state index in [4.69, 9.17) is 11.5 Å². The van der Waals surface area contributed by atoms with E-state index in [2.05, 4.69) is 26.3 Å². The molecule has 1 aliphatic rings. The van der Waals surface area contributed by atoms with E-state index >= 15 is 0 Å². The molecule has 0 aromatic heterocycles. The summed E-state index contributed by atoms with van der Waals surface area (Å²) in [6.07, 6.45) is 0.659. The molecule has 10 N–H and O–H groups in total. The molecule has 2 rings (SSSR count). The number of carbonyl (C=O) groups excluding carboxylic acids is 3. The van der Waals surface area contributed by atoms with Gasteiger partial charge in [-0.05, 0) is 44.7 Å². The Balaban J connectivity index is 2.09. The van der Waals surface area contributed by atoms with Crippen molar-refractivity contribution in [1.29, 1.82) is 0 Å². The van der Waals surface area contributed by atoms with Crippen LogP contribution >= 0.6 is 0 Å².